The lowest BCUT2D eigenvalue weighted by Crippen LogP contribution is -2.65. The molecule has 41 heavy (non-hydrogen) atoms. The van der Waals surface area contributed by atoms with Crippen molar-refractivity contribution in [2.75, 3.05) is 59.0 Å². The third-order valence-corrected chi connectivity index (χ3v) is 7.91. The largest absolute Gasteiger partial charge is 0.508 e. The van der Waals surface area contributed by atoms with Gasteiger partial charge in [0.2, 0.25) is 11.7 Å². The van der Waals surface area contributed by atoms with Crippen LogP contribution in [0.5, 0.6) is 5.75 Å². The summed E-state index contributed by atoms with van der Waals surface area (Å²) in [6.07, 6.45) is 0.127. The lowest BCUT2D eigenvalue weighted by molar-refractivity contribution is -0.153. The maximum atomic E-state index is 14.0. The first-order valence-corrected chi connectivity index (χ1v) is 12.7. The summed E-state index contributed by atoms with van der Waals surface area (Å²) in [5.74, 6) is -7.73. The summed E-state index contributed by atoms with van der Waals surface area (Å²) in [6, 6.07) is 0.412. The van der Waals surface area contributed by atoms with Crippen LogP contribution in [0.2, 0.25) is 0 Å². The van der Waals surface area contributed by atoms with Gasteiger partial charge >= 0.3 is 0 Å². The number of phenols is 1. The number of aliphatic hydroxyl groups excluding tert-OH is 2. The van der Waals surface area contributed by atoms with Gasteiger partial charge in [0.15, 0.2) is 11.4 Å². The van der Waals surface area contributed by atoms with Gasteiger partial charge in [-0.05, 0) is 58.6 Å². The average Bonchev–Trinajstić information content (AvgIpc) is 2.81. The molecule has 1 aromatic rings. The minimum Gasteiger partial charge on any atom is -0.508 e. The second kappa shape index (κ2) is 11.0. The number of fused-ring (bicyclic) bond motifs is 3. The van der Waals surface area contributed by atoms with Crippen LogP contribution in [0.1, 0.15) is 17.5 Å². The number of aromatic hydroxyl groups is 1. The van der Waals surface area contributed by atoms with E-state index in [0.717, 1.165) is 0 Å². The molecule has 0 heterocycles. The number of nitrogens with one attached hydrogen (secondary N) is 1. The van der Waals surface area contributed by atoms with Crippen LogP contribution in [0, 0.1) is 11.8 Å². The number of Topliss-reactive ketones (excluding diaryl/α,β-unsaturated/α-hetero) is 2. The van der Waals surface area contributed by atoms with Crippen molar-refractivity contribution in [2.45, 2.75) is 24.5 Å². The van der Waals surface area contributed by atoms with Crippen molar-refractivity contribution in [2.24, 2.45) is 17.6 Å². The van der Waals surface area contributed by atoms with Crippen molar-refractivity contribution >= 4 is 52.9 Å². The lowest BCUT2D eigenvalue weighted by atomic mass is 9.57. The molecule has 1 aromatic carbocycles. The summed E-state index contributed by atoms with van der Waals surface area (Å²) in [5.41, 5.74) is 2.48. The Morgan fingerprint density at radius 2 is 1.71 bits per heavy atom. The number of hydrogen-bond acceptors (Lipinski definition) is 11. The summed E-state index contributed by atoms with van der Waals surface area (Å²) in [5, 5.41) is 48.0. The third-order valence-electron chi connectivity index (χ3n) is 7.91. The van der Waals surface area contributed by atoms with Gasteiger partial charge < -0.3 is 41.3 Å². The van der Waals surface area contributed by atoms with Crippen LogP contribution in [0.4, 0.5) is 11.4 Å². The Balaban J connectivity index is 0.00000462. The van der Waals surface area contributed by atoms with Crippen molar-refractivity contribution in [1.82, 2.24) is 9.80 Å². The highest BCUT2D eigenvalue weighted by Crippen LogP contribution is 2.54. The molecule has 13 nitrogen and oxygen atoms in total. The van der Waals surface area contributed by atoms with Gasteiger partial charge in [0.25, 0.3) is 5.91 Å². The summed E-state index contributed by atoms with van der Waals surface area (Å²) in [4.78, 5) is 56.6. The Bertz CT molecular complexity index is 1400. The molecular weight excluding hydrogens is 558 g/mol. The van der Waals surface area contributed by atoms with E-state index in [0.29, 0.717) is 11.3 Å². The molecule has 4 rings (SSSR count). The number of nitrogens with zero attached hydrogens (tertiary/aromatic N) is 3. The number of hydrogen-bond donors (Lipinski definition) is 6. The molecule has 1 saturated carbocycles. The molecular formula is C27H36ClN5O8. The van der Waals surface area contributed by atoms with Gasteiger partial charge in [-0.15, -0.1) is 12.4 Å². The van der Waals surface area contributed by atoms with Gasteiger partial charge in [-0.2, -0.15) is 0 Å². The second-order valence-electron chi connectivity index (χ2n) is 11.3. The number of carbonyl (C=O) groups excluding carboxylic acids is 4. The number of amides is 2. The van der Waals surface area contributed by atoms with Gasteiger partial charge in [-0.3, -0.25) is 24.1 Å². The molecule has 4 atom stereocenters. The summed E-state index contributed by atoms with van der Waals surface area (Å²) in [6.45, 7) is 0.0233. The van der Waals surface area contributed by atoms with Gasteiger partial charge in [-0.25, -0.2) is 0 Å². The number of primary amides is 1. The van der Waals surface area contributed by atoms with E-state index in [-0.39, 0.29) is 48.6 Å². The fourth-order valence-corrected chi connectivity index (χ4v) is 6.26. The highest BCUT2D eigenvalue weighted by atomic mass is 35.5. The number of likely N-dealkylation sites (N-methyl/N-ethyl adjacent to an activating group) is 2. The quantitative estimate of drug-likeness (QED) is 0.191. The van der Waals surface area contributed by atoms with E-state index in [9.17, 15) is 39.6 Å². The Kier molecular flexibility index (Phi) is 8.53. The normalized spacial score (nSPS) is 25.4. The van der Waals surface area contributed by atoms with Gasteiger partial charge in [0.05, 0.1) is 23.8 Å². The summed E-state index contributed by atoms with van der Waals surface area (Å²) < 4.78 is 0. The zero-order chi connectivity index (χ0) is 30.0. The minimum atomic E-state index is -2.72. The predicted molar refractivity (Wildman–Crippen MR) is 153 cm³/mol. The summed E-state index contributed by atoms with van der Waals surface area (Å²) in [7, 11) is 9.98. The van der Waals surface area contributed by atoms with Crippen LogP contribution in [0.3, 0.4) is 0 Å². The molecule has 0 bridgehead atoms. The first-order valence-electron chi connectivity index (χ1n) is 12.7. The van der Waals surface area contributed by atoms with Gasteiger partial charge in [0, 0.05) is 31.3 Å². The maximum Gasteiger partial charge on any atom is 0.255 e. The van der Waals surface area contributed by atoms with E-state index in [2.05, 4.69) is 5.32 Å². The molecule has 1 fully saturated rings. The zero-order valence-electron chi connectivity index (χ0n) is 23.7. The fourth-order valence-electron chi connectivity index (χ4n) is 6.26. The topological polar surface area (TPSA) is 197 Å². The monoisotopic (exact) mass is 593 g/mol. The highest BCUT2D eigenvalue weighted by molar-refractivity contribution is 6.24. The third kappa shape index (κ3) is 4.82. The van der Waals surface area contributed by atoms with Crippen LogP contribution in [0.15, 0.2) is 23.0 Å². The second-order valence-corrected chi connectivity index (χ2v) is 11.3. The van der Waals surface area contributed by atoms with Crippen molar-refractivity contribution in [3.63, 3.8) is 0 Å². The molecule has 0 aromatic heterocycles. The van der Waals surface area contributed by atoms with Gasteiger partial charge in [0.1, 0.15) is 22.8 Å². The number of benzene rings is 1. The number of carbonyl (C=O) groups is 4. The van der Waals surface area contributed by atoms with E-state index in [1.807, 2.05) is 0 Å². The number of halogens is 1. The Labute approximate surface area is 243 Å². The average molecular weight is 594 g/mol. The van der Waals surface area contributed by atoms with Crippen LogP contribution < -0.4 is 16.0 Å². The van der Waals surface area contributed by atoms with E-state index in [1.165, 1.54) is 4.90 Å². The zero-order valence-corrected chi connectivity index (χ0v) is 24.5. The molecule has 3 aliphatic carbocycles. The number of anilines is 2. The number of ketones is 2. The highest BCUT2D eigenvalue weighted by Gasteiger charge is 2.64. The molecule has 14 heteroatoms. The van der Waals surface area contributed by atoms with E-state index >= 15 is 0 Å². The lowest BCUT2D eigenvalue weighted by Gasteiger charge is -2.50. The smallest absolute Gasteiger partial charge is 0.255 e. The first-order chi connectivity index (χ1) is 18.5. The van der Waals surface area contributed by atoms with E-state index in [4.69, 9.17) is 5.73 Å². The van der Waals surface area contributed by atoms with Crippen molar-refractivity contribution in [3.8, 4) is 5.75 Å². The predicted octanol–water partition coefficient (Wildman–Crippen LogP) is -0.0481. The number of rotatable bonds is 6. The number of phenolic OH excluding ortho intramolecular Hbond substituents is 1. The van der Waals surface area contributed by atoms with Crippen molar-refractivity contribution in [1.29, 1.82) is 0 Å². The molecule has 0 radical (unpaired) electrons. The van der Waals surface area contributed by atoms with Crippen molar-refractivity contribution < 1.29 is 39.6 Å². The van der Waals surface area contributed by atoms with E-state index in [1.54, 1.807) is 58.2 Å². The minimum absolute atomic E-state index is 0. The SMILES string of the molecule is CN(C)CC(=O)Nc1cc(N(C)C)c2c(c1O)C(O)=C1C(=O)[C@]3(O)C(O)=C(C(N)=O)C(=O)[C@@H](N(C)C)C3CC1C2.Cl. The molecule has 2 amide bonds. The van der Waals surface area contributed by atoms with Crippen LogP contribution in [-0.4, -0.2) is 114 Å². The van der Waals surface area contributed by atoms with Crippen LogP contribution in [0.25, 0.3) is 5.76 Å². The molecule has 2 unspecified atom stereocenters. The molecule has 0 spiro atoms. The molecule has 7 N–H and O–H groups in total. The molecule has 0 aliphatic heterocycles. The standard InChI is InChI=1S/C27H35N5O8.ClH/c1-30(2)10-16(33)29-14-9-15(31(3)4)12-7-11-8-13-20(32(5)6)23(36)19(26(28)39)25(38)27(13,40)24(37)17(11)22(35)18(12)21(14)34;/h9,11,13,20,34-35,38,40H,7-8,10H2,1-6H3,(H2,28,39)(H,29,33);1H/t11?,13?,20-,27-;/m0./s1. The first kappa shape index (κ1) is 31.9. The summed E-state index contributed by atoms with van der Waals surface area (Å²) >= 11 is 0. The van der Waals surface area contributed by atoms with Crippen LogP contribution in [-0.2, 0) is 25.6 Å². The number of aliphatic hydroxyl groups is 3. The Morgan fingerprint density at radius 1 is 1.10 bits per heavy atom. The molecule has 224 valence electrons. The molecule has 0 saturated heterocycles. The van der Waals surface area contributed by atoms with Crippen molar-refractivity contribution in [3.05, 3.63) is 34.1 Å². The van der Waals surface area contributed by atoms with Gasteiger partial charge in [-0.1, -0.05) is 0 Å². The molecule has 3 aliphatic rings. The Hall–Kier alpha value is -3.65. The Morgan fingerprint density at radius 3 is 2.22 bits per heavy atom. The van der Waals surface area contributed by atoms with E-state index < -0.39 is 69.7 Å². The number of nitrogens with two attached hydrogens (primary N) is 1. The maximum absolute atomic E-state index is 14.0. The fraction of sp³-hybridized carbons (Fsp3) is 0.481. The van der Waals surface area contributed by atoms with Crippen LogP contribution >= 0.6 is 12.4 Å².